The Labute approximate surface area is 184 Å². The number of imide groups is 1. The summed E-state index contributed by atoms with van der Waals surface area (Å²) in [7, 11) is 0. The Morgan fingerprint density at radius 3 is 2.45 bits per heavy atom. The summed E-state index contributed by atoms with van der Waals surface area (Å²) in [4.78, 5) is 30.8. The van der Waals surface area contributed by atoms with Gasteiger partial charge >= 0.3 is 0 Å². The molecule has 5 heteroatoms. The molecular weight excluding hydrogens is 388 g/mol. The summed E-state index contributed by atoms with van der Waals surface area (Å²) in [5.74, 6) is 0.777. The molecule has 1 atom stereocenters. The first kappa shape index (κ1) is 21.2. The van der Waals surface area contributed by atoms with Crippen molar-refractivity contribution in [3.05, 3.63) is 65.4 Å². The number of hydrogen-bond acceptors (Lipinski definition) is 4. The zero-order valence-electron chi connectivity index (χ0n) is 18.6. The van der Waals surface area contributed by atoms with E-state index in [2.05, 4.69) is 18.7 Å². The Kier molecular flexibility index (Phi) is 6.12. The van der Waals surface area contributed by atoms with Crippen LogP contribution >= 0.6 is 0 Å². The number of amides is 2. The summed E-state index contributed by atoms with van der Waals surface area (Å²) in [6.45, 7) is 8.42. The molecular formula is C26H30N2O3. The highest BCUT2D eigenvalue weighted by molar-refractivity contribution is 6.45. The van der Waals surface area contributed by atoms with Gasteiger partial charge in [-0.25, -0.2) is 4.90 Å². The highest BCUT2D eigenvalue weighted by atomic mass is 16.5. The highest BCUT2D eigenvalue weighted by Crippen LogP contribution is 2.37. The second-order valence-electron chi connectivity index (χ2n) is 8.52. The van der Waals surface area contributed by atoms with Crippen molar-refractivity contribution in [3.63, 3.8) is 0 Å². The Morgan fingerprint density at radius 2 is 1.77 bits per heavy atom. The zero-order chi connectivity index (χ0) is 22.0. The van der Waals surface area contributed by atoms with E-state index >= 15 is 0 Å². The van der Waals surface area contributed by atoms with Gasteiger partial charge in [0.05, 0.1) is 17.9 Å². The minimum Gasteiger partial charge on any atom is -0.494 e. The van der Waals surface area contributed by atoms with Crippen LogP contribution in [0.3, 0.4) is 0 Å². The predicted octanol–water partition coefficient (Wildman–Crippen LogP) is 4.80. The monoisotopic (exact) mass is 418 g/mol. The van der Waals surface area contributed by atoms with E-state index in [1.807, 2.05) is 55.5 Å². The molecule has 2 aliphatic heterocycles. The number of rotatable bonds is 6. The lowest BCUT2D eigenvalue weighted by molar-refractivity contribution is -0.120. The molecule has 0 N–H and O–H groups in total. The molecule has 1 saturated heterocycles. The van der Waals surface area contributed by atoms with E-state index in [-0.39, 0.29) is 11.8 Å². The van der Waals surface area contributed by atoms with Gasteiger partial charge in [0.2, 0.25) is 0 Å². The van der Waals surface area contributed by atoms with Crippen LogP contribution in [0, 0.1) is 12.8 Å². The van der Waals surface area contributed by atoms with Gasteiger partial charge in [0.1, 0.15) is 11.4 Å². The third-order valence-electron chi connectivity index (χ3n) is 6.00. The largest absolute Gasteiger partial charge is 0.494 e. The van der Waals surface area contributed by atoms with E-state index in [9.17, 15) is 9.59 Å². The van der Waals surface area contributed by atoms with Crippen LogP contribution in [-0.4, -0.2) is 36.4 Å². The molecule has 1 unspecified atom stereocenters. The van der Waals surface area contributed by atoms with Gasteiger partial charge in [0.15, 0.2) is 0 Å². The third kappa shape index (κ3) is 4.09. The molecule has 0 radical (unpaired) electrons. The number of likely N-dealkylation sites (tertiary alicyclic amines) is 1. The van der Waals surface area contributed by atoms with E-state index < -0.39 is 0 Å². The van der Waals surface area contributed by atoms with E-state index in [4.69, 9.17) is 4.74 Å². The van der Waals surface area contributed by atoms with Gasteiger partial charge in [-0.1, -0.05) is 44.2 Å². The first-order valence-electron chi connectivity index (χ1n) is 11.2. The van der Waals surface area contributed by atoms with Crippen LogP contribution in [0.1, 0.15) is 44.2 Å². The van der Waals surface area contributed by atoms with Crippen LogP contribution in [0.15, 0.2) is 54.2 Å². The fourth-order valence-corrected chi connectivity index (χ4v) is 4.44. The standard InChI is InChI=1S/C26H30N2O3/c1-4-16-31-21-13-11-20(12-14-21)23-24(27-15-7-8-18(2)17-27)26(30)28(25(23)29)22-10-6-5-9-19(22)3/h5-6,9-14,18H,4,7-8,15-17H2,1-3H3. The molecule has 0 aliphatic carbocycles. The predicted molar refractivity (Wildman–Crippen MR) is 123 cm³/mol. The van der Waals surface area contributed by atoms with Crippen LogP contribution < -0.4 is 9.64 Å². The summed E-state index contributed by atoms with van der Waals surface area (Å²) < 4.78 is 5.70. The molecule has 2 aromatic carbocycles. The summed E-state index contributed by atoms with van der Waals surface area (Å²) in [6.07, 6.45) is 3.10. The maximum absolute atomic E-state index is 13.6. The second-order valence-corrected chi connectivity index (χ2v) is 8.52. The van der Waals surface area contributed by atoms with Crippen LogP contribution in [-0.2, 0) is 9.59 Å². The van der Waals surface area contributed by atoms with Crippen molar-refractivity contribution >= 4 is 23.1 Å². The van der Waals surface area contributed by atoms with Crippen molar-refractivity contribution in [1.82, 2.24) is 4.90 Å². The van der Waals surface area contributed by atoms with Crippen LogP contribution in [0.4, 0.5) is 5.69 Å². The molecule has 0 bridgehead atoms. The number of ether oxygens (including phenoxy) is 1. The van der Waals surface area contributed by atoms with Crippen LogP contribution in [0.2, 0.25) is 0 Å². The number of benzene rings is 2. The first-order chi connectivity index (χ1) is 15.0. The maximum atomic E-state index is 13.6. The van der Waals surface area contributed by atoms with Crippen molar-refractivity contribution in [2.75, 3.05) is 24.6 Å². The molecule has 162 valence electrons. The van der Waals surface area contributed by atoms with Gasteiger partial charge < -0.3 is 9.64 Å². The van der Waals surface area contributed by atoms with Gasteiger partial charge in [-0.2, -0.15) is 0 Å². The molecule has 31 heavy (non-hydrogen) atoms. The van der Waals surface area contributed by atoms with Crippen LogP contribution in [0.25, 0.3) is 5.57 Å². The fraction of sp³-hybridized carbons (Fsp3) is 0.385. The van der Waals surface area contributed by atoms with Gasteiger partial charge in [0.25, 0.3) is 11.8 Å². The molecule has 2 heterocycles. The molecule has 5 nitrogen and oxygen atoms in total. The normalized spacial score (nSPS) is 19.4. The number of para-hydroxylation sites is 1. The second kappa shape index (κ2) is 8.96. The Morgan fingerprint density at radius 1 is 1.03 bits per heavy atom. The molecule has 4 rings (SSSR count). The van der Waals surface area contributed by atoms with Crippen molar-refractivity contribution in [2.24, 2.45) is 5.92 Å². The Bertz CT molecular complexity index is 1010. The first-order valence-corrected chi connectivity index (χ1v) is 11.2. The van der Waals surface area contributed by atoms with E-state index in [1.165, 1.54) is 4.90 Å². The zero-order valence-corrected chi connectivity index (χ0v) is 18.6. The molecule has 0 saturated carbocycles. The molecule has 2 amide bonds. The van der Waals surface area contributed by atoms with Gasteiger partial charge in [-0.3, -0.25) is 9.59 Å². The smallest absolute Gasteiger partial charge is 0.282 e. The lowest BCUT2D eigenvalue weighted by Gasteiger charge is -2.33. The number of aryl methyl sites for hydroxylation is 1. The minimum absolute atomic E-state index is 0.227. The summed E-state index contributed by atoms with van der Waals surface area (Å²) in [5, 5.41) is 0. The number of piperidine rings is 1. The van der Waals surface area contributed by atoms with Crippen molar-refractivity contribution in [1.29, 1.82) is 0 Å². The number of carbonyl (C=O) groups excluding carboxylic acids is 2. The van der Waals surface area contributed by atoms with E-state index in [0.29, 0.717) is 29.5 Å². The van der Waals surface area contributed by atoms with Crippen molar-refractivity contribution in [3.8, 4) is 5.75 Å². The average molecular weight is 419 g/mol. The number of anilines is 1. The highest BCUT2D eigenvalue weighted by Gasteiger charge is 2.43. The summed E-state index contributed by atoms with van der Waals surface area (Å²) in [6, 6.07) is 15.1. The molecule has 2 aliphatic rings. The number of nitrogens with zero attached hydrogens (tertiary/aromatic N) is 2. The maximum Gasteiger partial charge on any atom is 0.282 e. The van der Waals surface area contributed by atoms with Gasteiger partial charge in [0, 0.05) is 13.1 Å². The average Bonchev–Trinajstić information content (AvgIpc) is 3.03. The topological polar surface area (TPSA) is 49.9 Å². The summed E-state index contributed by atoms with van der Waals surface area (Å²) >= 11 is 0. The number of hydrogen-bond donors (Lipinski definition) is 0. The third-order valence-corrected chi connectivity index (χ3v) is 6.00. The SMILES string of the molecule is CCCOc1ccc(C2=C(N3CCCC(C)C3)C(=O)N(c3ccccc3C)C2=O)cc1. The van der Waals surface area contributed by atoms with E-state index in [1.54, 1.807) is 0 Å². The van der Waals surface area contributed by atoms with Gasteiger partial charge in [-0.05, 0) is 61.4 Å². The number of carbonyl (C=O) groups is 2. The van der Waals surface area contributed by atoms with Gasteiger partial charge in [-0.15, -0.1) is 0 Å². The Hall–Kier alpha value is -3.08. The molecule has 0 aromatic heterocycles. The fourth-order valence-electron chi connectivity index (χ4n) is 4.44. The van der Waals surface area contributed by atoms with E-state index in [0.717, 1.165) is 49.2 Å². The molecule has 0 spiro atoms. The molecule has 2 aromatic rings. The van der Waals surface area contributed by atoms with Crippen molar-refractivity contribution < 1.29 is 14.3 Å². The molecule has 1 fully saturated rings. The lowest BCUT2D eigenvalue weighted by atomic mass is 9.97. The minimum atomic E-state index is -0.255. The summed E-state index contributed by atoms with van der Waals surface area (Å²) in [5.41, 5.74) is 3.33. The quantitative estimate of drug-likeness (QED) is 0.633. The van der Waals surface area contributed by atoms with Crippen LogP contribution in [0.5, 0.6) is 5.75 Å². The van der Waals surface area contributed by atoms with Crippen molar-refractivity contribution in [2.45, 2.75) is 40.0 Å². The lowest BCUT2D eigenvalue weighted by Crippen LogP contribution is -2.39. The Balaban J connectivity index is 1.77.